The van der Waals surface area contributed by atoms with Crippen molar-refractivity contribution < 1.29 is 0 Å². The fraction of sp³-hybridized carbons (Fsp3) is 0.364. The number of anilines is 1. The Kier molecular flexibility index (Phi) is 3.51. The monoisotopic (exact) mass is 191 g/mol. The van der Waals surface area contributed by atoms with Gasteiger partial charge in [-0.05, 0) is 26.0 Å². The maximum absolute atomic E-state index is 7.26. The summed E-state index contributed by atoms with van der Waals surface area (Å²) in [4.78, 5) is 2.07. The van der Waals surface area contributed by atoms with Crippen LogP contribution in [0.3, 0.4) is 0 Å². The topological polar surface area (TPSA) is 53.1 Å². The molecule has 0 aromatic heterocycles. The van der Waals surface area contributed by atoms with Crippen molar-refractivity contribution in [2.24, 2.45) is 5.73 Å². The Hall–Kier alpha value is -1.51. The SMILES string of the molecule is CCN(CC(=N)N)c1ccc(C)cc1. The molecule has 0 saturated heterocycles. The quantitative estimate of drug-likeness (QED) is 0.563. The van der Waals surface area contributed by atoms with E-state index in [0.29, 0.717) is 6.54 Å². The largest absolute Gasteiger partial charge is 0.386 e. The summed E-state index contributed by atoms with van der Waals surface area (Å²) in [6, 6.07) is 8.25. The van der Waals surface area contributed by atoms with E-state index < -0.39 is 0 Å². The van der Waals surface area contributed by atoms with E-state index in [-0.39, 0.29) is 5.84 Å². The Balaban J connectivity index is 2.78. The highest BCUT2D eigenvalue weighted by atomic mass is 15.1. The number of rotatable bonds is 4. The number of nitrogens with one attached hydrogen (secondary N) is 1. The summed E-state index contributed by atoms with van der Waals surface area (Å²) in [5.41, 5.74) is 7.74. The lowest BCUT2D eigenvalue weighted by Gasteiger charge is -2.22. The molecule has 0 aliphatic heterocycles. The molecule has 0 radical (unpaired) electrons. The zero-order valence-electron chi connectivity index (χ0n) is 8.75. The zero-order valence-corrected chi connectivity index (χ0v) is 8.75. The third-order valence-electron chi connectivity index (χ3n) is 2.14. The van der Waals surface area contributed by atoms with Crippen LogP contribution in [0.25, 0.3) is 0 Å². The number of likely N-dealkylation sites (N-methyl/N-ethyl adjacent to an activating group) is 1. The van der Waals surface area contributed by atoms with Crippen LogP contribution in [-0.4, -0.2) is 18.9 Å². The molecule has 1 aromatic carbocycles. The van der Waals surface area contributed by atoms with E-state index in [1.165, 1.54) is 5.56 Å². The molecule has 0 saturated carbocycles. The molecule has 0 amide bonds. The summed E-state index contributed by atoms with van der Waals surface area (Å²) >= 11 is 0. The lowest BCUT2D eigenvalue weighted by Crippen LogP contribution is -2.33. The summed E-state index contributed by atoms with van der Waals surface area (Å²) in [5.74, 6) is 0.201. The van der Waals surface area contributed by atoms with E-state index in [9.17, 15) is 0 Å². The van der Waals surface area contributed by atoms with Crippen molar-refractivity contribution in [2.45, 2.75) is 13.8 Å². The number of benzene rings is 1. The molecule has 0 spiro atoms. The molecule has 0 aliphatic carbocycles. The number of aryl methyl sites for hydroxylation is 1. The first kappa shape index (κ1) is 10.6. The Morgan fingerprint density at radius 2 is 1.93 bits per heavy atom. The first-order chi connectivity index (χ1) is 6.63. The Morgan fingerprint density at radius 1 is 1.36 bits per heavy atom. The highest BCUT2D eigenvalue weighted by molar-refractivity contribution is 5.82. The predicted molar refractivity (Wildman–Crippen MR) is 61.0 cm³/mol. The standard InChI is InChI=1S/C11H17N3/c1-3-14(8-11(12)13)10-6-4-9(2)5-7-10/h4-7H,3,8H2,1-2H3,(H3,12,13). The first-order valence-corrected chi connectivity index (χ1v) is 4.78. The van der Waals surface area contributed by atoms with Gasteiger partial charge < -0.3 is 10.6 Å². The number of hydrogen-bond acceptors (Lipinski definition) is 2. The maximum Gasteiger partial charge on any atom is 0.110 e. The van der Waals surface area contributed by atoms with Gasteiger partial charge in [0.25, 0.3) is 0 Å². The van der Waals surface area contributed by atoms with E-state index in [4.69, 9.17) is 11.1 Å². The number of nitrogens with zero attached hydrogens (tertiary/aromatic N) is 1. The Labute approximate surface area is 85.0 Å². The molecule has 0 bridgehead atoms. The number of amidine groups is 1. The lowest BCUT2D eigenvalue weighted by molar-refractivity contribution is 0.916. The summed E-state index contributed by atoms with van der Waals surface area (Å²) in [5, 5.41) is 7.26. The van der Waals surface area contributed by atoms with Gasteiger partial charge in [0, 0.05) is 12.2 Å². The van der Waals surface area contributed by atoms with Crippen molar-refractivity contribution >= 4 is 11.5 Å². The van der Waals surface area contributed by atoms with Crippen LogP contribution in [0.2, 0.25) is 0 Å². The van der Waals surface area contributed by atoms with Gasteiger partial charge in [0.05, 0.1) is 6.54 Å². The van der Waals surface area contributed by atoms with Gasteiger partial charge in [0.1, 0.15) is 5.84 Å². The molecule has 1 aromatic rings. The fourth-order valence-electron chi connectivity index (χ4n) is 1.35. The van der Waals surface area contributed by atoms with Crippen LogP contribution >= 0.6 is 0 Å². The minimum atomic E-state index is 0.201. The van der Waals surface area contributed by atoms with Gasteiger partial charge in [-0.1, -0.05) is 17.7 Å². The van der Waals surface area contributed by atoms with Crippen LogP contribution in [0, 0.1) is 12.3 Å². The average Bonchev–Trinajstić information content (AvgIpc) is 2.15. The second-order valence-corrected chi connectivity index (χ2v) is 3.37. The van der Waals surface area contributed by atoms with Crippen LogP contribution in [0.4, 0.5) is 5.69 Å². The molecular weight excluding hydrogens is 174 g/mol. The van der Waals surface area contributed by atoms with Crippen LogP contribution in [0.15, 0.2) is 24.3 Å². The number of hydrogen-bond donors (Lipinski definition) is 2. The summed E-state index contributed by atoms with van der Waals surface area (Å²) in [6.45, 7) is 5.48. The van der Waals surface area contributed by atoms with Crippen molar-refractivity contribution in [3.8, 4) is 0 Å². The zero-order chi connectivity index (χ0) is 10.6. The van der Waals surface area contributed by atoms with E-state index >= 15 is 0 Å². The molecule has 1 rings (SSSR count). The van der Waals surface area contributed by atoms with Crippen LogP contribution in [0.1, 0.15) is 12.5 Å². The summed E-state index contributed by atoms with van der Waals surface area (Å²) < 4.78 is 0. The van der Waals surface area contributed by atoms with Crippen molar-refractivity contribution in [1.29, 1.82) is 5.41 Å². The highest BCUT2D eigenvalue weighted by Gasteiger charge is 2.04. The summed E-state index contributed by atoms with van der Waals surface area (Å²) in [7, 11) is 0. The molecule has 3 N–H and O–H groups in total. The van der Waals surface area contributed by atoms with Crippen LogP contribution < -0.4 is 10.6 Å². The van der Waals surface area contributed by atoms with E-state index in [1.807, 2.05) is 0 Å². The predicted octanol–water partition coefficient (Wildman–Crippen LogP) is 1.76. The molecule has 0 aliphatic rings. The van der Waals surface area contributed by atoms with Crippen molar-refractivity contribution in [2.75, 3.05) is 18.0 Å². The van der Waals surface area contributed by atoms with Gasteiger partial charge >= 0.3 is 0 Å². The average molecular weight is 191 g/mol. The van der Waals surface area contributed by atoms with Gasteiger partial charge in [-0.15, -0.1) is 0 Å². The minimum Gasteiger partial charge on any atom is -0.386 e. The maximum atomic E-state index is 7.26. The number of nitrogens with two attached hydrogens (primary N) is 1. The van der Waals surface area contributed by atoms with Gasteiger partial charge in [0.15, 0.2) is 0 Å². The molecule has 14 heavy (non-hydrogen) atoms. The molecule has 0 heterocycles. The second-order valence-electron chi connectivity index (χ2n) is 3.37. The second kappa shape index (κ2) is 4.65. The Bertz CT molecular complexity index is 303. The van der Waals surface area contributed by atoms with Crippen molar-refractivity contribution in [3.05, 3.63) is 29.8 Å². The molecule has 76 valence electrons. The summed E-state index contributed by atoms with van der Waals surface area (Å²) in [6.07, 6.45) is 0. The van der Waals surface area contributed by atoms with Crippen molar-refractivity contribution in [3.63, 3.8) is 0 Å². The van der Waals surface area contributed by atoms with Gasteiger partial charge in [0.2, 0.25) is 0 Å². The van der Waals surface area contributed by atoms with Crippen molar-refractivity contribution in [1.82, 2.24) is 0 Å². The van der Waals surface area contributed by atoms with Gasteiger partial charge in [-0.2, -0.15) is 0 Å². The molecule has 3 heteroatoms. The fourth-order valence-corrected chi connectivity index (χ4v) is 1.35. The smallest absolute Gasteiger partial charge is 0.110 e. The van der Waals surface area contributed by atoms with E-state index in [0.717, 1.165) is 12.2 Å². The first-order valence-electron chi connectivity index (χ1n) is 4.78. The minimum absolute atomic E-state index is 0.201. The molecule has 3 nitrogen and oxygen atoms in total. The van der Waals surface area contributed by atoms with Crippen LogP contribution in [-0.2, 0) is 0 Å². The van der Waals surface area contributed by atoms with Gasteiger partial charge in [-0.25, -0.2) is 0 Å². The third-order valence-corrected chi connectivity index (χ3v) is 2.14. The normalized spacial score (nSPS) is 9.86. The van der Waals surface area contributed by atoms with Crippen LogP contribution in [0.5, 0.6) is 0 Å². The Morgan fingerprint density at radius 3 is 2.36 bits per heavy atom. The van der Waals surface area contributed by atoms with E-state index in [1.54, 1.807) is 0 Å². The molecule has 0 fully saturated rings. The highest BCUT2D eigenvalue weighted by Crippen LogP contribution is 2.14. The van der Waals surface area contributed by atoms with Gasteiger partial charge in [-0.3, -0.25) is 5.41 Å². The lowest BCUT2D eigenvalue weighted by atomic mass is 10.2. The van der Waals surface area contributed by atoms with E-state index in [2.05, 4.69) is 43.0 Å². The molecule has 0 atom stereocenters. The third kappa shape index (κ3) is 2.76. The molecular formula is C11H17N3. The molecule has 0 unspecified atom stereocenters.